The number of carbonyl (C=O) groups is 6. The lowest BCUT2D eigenvalue weighted by Gasteiger charge is -2.30. The molecule has 3 aliphatic carbocycles. The summed E-state index contributed by atoms with van der Waals surface area (Å²) in [6.07, 6.45) is -0.312. The Hall–Kier alpha value is -1.98. The van der Waals surface area contributed by atoms with Crippen LogP contribution in [0.5, 0.6) is 0 Å². The smallest absolute Gasteiger partial charge is 0.144 e. The fourth-order valence-corrected chi connectivity index (χ4v) is 4.87. The molecule has 0 amide bonds. The summed E-state index contributed by atoms with van der Waals surface area (Å²) in [5, 5.41) is 0. The van der Waals surface area contributed by atoms with Gasteiger partial charge in [-0.2, -0.15) is 0 Å². The Bertz CT molecular complexity index is 675. The van der Waals surface area contributed by atoms with Gasteiger partial charge in [0.15, 0.2) is 0 Å². The molecule has 0 radical (unpaired) electrons. The van der Waals surface area contributed by atoms with E-state index in [9.17, 15) is 28.8 Å². The third-order valence-electron chi connectivity index (χ3n) is 6.03. The summed E-state index contributed by atoms with van der Waals surface area (Å²) in [6, 6.07) is 0. The van der Waals surface area contributed by atoms with Crippen molar-refractivity contribution in [2.24, 2.45) is 35.5 Å². The normalized spacial score (nSPS) is 40.2. The lowest BCUT2D eigenvalue weighted by molar-refractivity contribution is -0.136. The summed E-state index contributed by atoms with van der Waals surface area (Å²) in [7, 11) is 0. The van der Waals surface area contributed by atoms with Crippen molar-refractivity contribution in [2.75, 3.05) is 0 Å². The largest absolute Gasteiger partial charge is 0.299 e. The van der Waals surface area contributed by atoms with Crippen LogP contribution in [-0.2, 0) is 28.8 Å². The first-order chi connectivity index (χ1) is 11.3. The van der Waals surface area contributed by atoms with E-state index in [4.69, 9.17) is 0 Å². The number of carbonyl (C=O) groups excluding carboxylic acids is 6. The summed E-state index contributed by atoms with van der Waals surface area (Å²) in [4.78, 5) is 73.4. The summed E-state index contributed by atoms with van der Waals surface area (Å²) >= 11 is 0. The first kappa shape index (κ1) is 16.9. The van der Waals surface area contributed by atoms with Crippen molar-refractivity contribution in [2.45, 2.75) is 39.5 Å². The first-order valence-corrected chi connectivity index (χ1v) is 8.44. The number of rotatable bonds is 3. The van der Waals surface area contributed by atoms with E-state index in [1.807, 2.05) is 0 Å². The van der Waals surface area contributed by atoms with Crippen LogP contribution in [0.3, 0.4) is 0 Å². The van der Waals surface area contributed by atoms with Crippen molar-refractivity contribution in [3.8, 4) is 0 Å². The second-order valence-corrected chi connectivity index (χ2v) is 7.23. The molecule has 0 aromatic rings. The van der Waals surface area contributed by atoms with Gasteiger partial charge in [-0.25, -0.2) is 0 Å². The average molecular weight is 332 g/mol. The molecule has 0 spiro atoms. The van der Waals surface area contributed by atoms with Crippen molar-refractivity contribution < 1.29 is 28.8 Å². The van der Waals surface area contributed by atoms with Gasteiger partial charge in [0.2, 0.25) is 0 Å². The second kappa shape index (κ2) is 5.83. The van der Waals surface area contributed by atoms with Crippen LogP contribution in [-0.4, -0.2) is 34.7 Å². The highest BCUT2D eigenvalue weighted by Gasteiger charge is 2.59. The highest BCUT2D eigenvalue weighted by molar-refractivity contribution is 6.17. The Kier molecular flexibility index (Phi) is 4.10. The number of hydrogen-bond donors (Lipinski definition) is 0. The molecule has 6 unspecified atom stereocenters. The lowest BCUT2D eigenvalue weighted by Crippen LogP contribution is -2.39. The SMILES string of the molecule is CCC1C(=O)CC(=O)C1C1C(=O)CC(=O)C1C1C(=O)CC(=O)C1C. The molecular weight excluding hydrogens is 312 g/mol. The Labute approximate surface area is 139 Å². The van der Waals surface area contributed by atoms with Crippen molar-refractivity contribution in [3.05, 3.63) is 0 Å². The van der Waals surface area contributed by atoms with Gasteiger partial charge in [-0.1, -0.05) is 13.8 Å². The van der Waals surface area contributed by atoms with Crippen LogP contribution in [0.4, 0.5) is 0 Å². The molecule has 128 valence electrons. The number of Topliss-reactive ketones (excluding diaryl/α,β-unsaturated/α-hetero) is 6. The number of ketones is 6. The van der Waals surface area contributed by atoms with Crippen LogP contribution < -0.4 is 0 Å². The minimum absolute atomic E-state index is 0.194. The van der Waals surface area contributed by atoms with E-state index in [0.29, 0.717) is 6.42 Å². The van der Waals surface area contributed by atoms with Gasteiger partial charge in [0.25, 0.3) is 0 Å². The van der Waals surface area contributed by atoms with Gasteiger partial charge in [0, 0.05) is 35.5 Å². The van der Waals surface area contributed by atoms with Gasteiger partial charge in [-0.3, -0.25) is 28.8 Å². The molecule has 0 aliphatic heterocycles. The topological polar surface area (TPSA) is 102 Å². The monoisotopic (exact) mass is 332 g/mol. The summed E-state index contributed by atoms with van der Waals surface area (Å²) < 4.78 is 0. The molecule has 0 bridgehead atoms. The lowest BCUT2D eigenvalue weighted by atomic mass is 9.69. The maximum atomic E-state index is 12.5. The molecule has 0 saturated heterocycles. The molecule has 3 fully saturated rings. The van der Waals surface area contributed by atoms with Gasteiger partial charge in [0.05, 0.1) is 19.3 Å². The molecule has 3 rings (SSSR count). The van der Waals surface area contributed by atoms with Crippen molar-refractivity contribution in [1.29, 1.82) is 0 Å². The molecular formula is C18H20O6. The predicted molar refractivity (Wildman–Crippen MR) is 80.8 cm³/mol. The Balaban J connectivity index is 2.02. The molecule has 3 saturated carbocycles. The molecule has 6 heteroatoms. The van der Waals surface area contributed by atoms with E-state index in [1.54, 1.807) is 13.8 Å². The Morgan fingerprint density at radius 2 is 1.04 bits per heavy atom. The third kappa shape index (κ3) is 2.31. The molecule has 0 N–H and O–H groups in total. The summed E-state index contributed by atoms with van der Waals surface area (Å²) in [5.74, 6) is -6.48. The fourth-order valence-electron chi connectivity index (χ4n) is 4.87. The van der Waals surface area contributed by atoms with Crippen LogP contribution in [0.1, 0.15) is 39.5 Å². The van der Waals surface area contributed by atoms with Gasteiger partial charge < -0.3 is 0 Å². The predicted octanol–water partition coefficient (Wildman–Crippen LogP) is 0.739. The van der Waals surface area contributed by atoms with Crippen molar-refractivity contribution >= 4 is 34.7 Å². The highest BCUT2D eigenvalue weighted by atomic mass is 16.2. The van der Waals surface area contributed by atoms with E-state index >= 15 is 0 Å². The molecule has 0 aromatic heterocycles. The van der Waals surface area contributed by atoms with Crippen LogP contribution in [0, 0.1) is 35.5 Å². The summed E-state index contributed by atoms with van der Waals surface area (Å²) in [6.45, 7) is 3.38. The fraction of sp³-hybridized carbons (Fsp3) is 0.667. The van der Waals surface area contributed by atoms with E-state index in [0.717, 1.165) is 0 Å². The van der Waals surface area contributed by atoms with Crippen molar-refractivity contribution in [1.82, 2.24) is 0 Å². The van der Waals surface area contributed by atoms with E-state index in [-0.39, 0.29) is 54.0 Å². The molecule has 24 heavy (non-hydrogen) atoms. The van der Waals surface area contributed by atoms with Crippen molar-refractivity contribution in [3.63, 3.8) is 0 Å². The van der Waals surface area contributed by atoms with Gasteiger partial charge in [-0.05, 0) is 6.42 Å². The highest BCUT2D eigenvalue weighted by Crippen LogP contribution is 2.48. The molecule has 0 heterocycles. The number of hydrogen-bond acceptors (Lipinski definition) is 6. The maximum Gasteiger partial charge on any atom is 0.144 e. The minimum Gasteiger partial charge on any atom is -0.299 e. The Morgan fingerprint density at radius 3 is 1.54 bits per heavy atom. The molecule has 6 atom stereocenters. The van der Waals surface area contributed by atoms with Gasteiger partial charge in [0.1, 0.15) is 34.7 Å². The molecule has 6 nitrogen and oxygen atoms in total. The van der Waals surface area contributed by atoms with E-state index in [2.05, 4.69) is 0 Å². The average Bonchev–Trinajstić information content (AvgIpc) is 3.03. The zero-order chi connectivity index (χ0) is 17.8. The van der Waals surface area contributed by atoms with Crippen LogP contribution in [0.15, 0.2) is 0 Å². The first-order valence-electron chi connectivity index (χ1n) is 8.44. The van der Waals surface area contributed by atoms with Gasteiger partial charge >= 0.3 is 0 Å². The van der Waals surface area contributed by atoms with Crippen LogP contribution in [0.2, 0.25) is 0 Å². The van der Waals surface area contributed by atoms with E-state index in [1.165, 1.54) is 0 Å². The second-order valence-electron chi connectivity index (χ2n) is 7.23. The van der Waals surface area contributed by atoms with Crippen LogP contribution in [0.25, 0.3) is 0 Å². The molecule has 3 aliphatic rings. The molecule has 0 aromatic carbocycles. The van der Waals surface area contributed by atoms with Gasteiger partial charge in [-0.15, -0.1) is 0 Å². The minimum atomic E-state index is -0.930. The zero-order valence-corrected chi connectivity index (χ0v) is 13.7. The quantitative estimate of drug-likeness (QED) is 0.706. The standard InChI is InChI=1S/C18H20O6/c1-3-8-10(20)5-12(22)16(8)18-14(24)6-13(23)17(18)15-7(2)9(19)4-11(15)21/h7-8,15-18H,3-6H2,1-2H3. The summed E-state index contributed by atoms with van der Waals surface area (Å²) in [5.41, 5.74) is 0. The Morgan fingerprint density at radius 1 is 0.625 bits per heavy atom. The van der Waals surface area contributed by atoms with E-state index < -0.39 is 35.5 Å². The third-order valence-corrected chi connectivity index (χ3v) is 6.03. The zero-order valence-electron chi connectivity index (χ0n) is 13.7. The van der Waals surface area contributed by atoms with Crippen LogP contribution >= 0.6 is 0 Å². The maximum absolute atomic E-state index is 12.5.